The molecular weight excluding hydrogens is 607 g/mol. The largest absolute Gasteiger partial charge is 0.282 e. The van der Waals surface area contributed by atoms with Crippen LogP contribution in [0.3, 0.4) is 0 Å². The quantitative estimate of drug-likeness (QED) is 0.248. The molecule has 1 saturated heterocycles. The second kappa shape index (κ2) is 14.6. The highest BCUT2D eigenvalue weighted by atomic mass is 15.4. The van der Waals surface area contributed by atoms with Gasteiger partial charge < -0.3 is 0 Å². The molecule has 3 N–H and O–H groups in total. The van der Waals surface area contributed by atoms with Crippen molar-refractivity contribution in [2.24, 2.45) is 35.5 Å². The second-order valence-electron chi connectivity index (χ2n) is 16.0. The molecule has 50 heavy (non-hydrogen) atoms. The van der Waals surface area contributed by atoms with Crippen molar-refractivity contribution in [3.05, 3.63) is 154 Å². The number of rotatable bonds is 6. The van der Waals surface area contributed by atoms with Crippen LogP contribution in [0.2, 0.25) is 0 Å². The third-order valence-electron chi connectivity index (χ3n) is 13.0. The number of fused-ring (bicyclic) bond motifs is 3. The topological polar surface area (TPSA) is 36.1 Å². The summed E-state index contributed by atoms with van der Waals surface area (Å²) in [5.41, 5.74) is 10.6. The van der Waals surface area contributed by atoms with Crippen molar-refractivity contribution in [3.8, 4) is 0 Å². The third-order valence-corrected chi connectivity index (χ3v) is 13.0. The van der Waals surface area contributed by atoms with Crippen molar-refractivity contribution < 1.29 is 0 Å². The van der Waals surface area contributed by atoms with Gasteiger partial charge in [0, 0.05) is 5.92 Å². The number of allylic oxidation sites excluding steroid dienone is 22. The smallest absolute Gasteiger partial charge is 0.0858 e. The van der Waals surface area contributed by atoms with Gasteiger partial charge in [0.2, 0.25) is 0 Å². The molecule has 8 aliphatic carbocycles. The molecule has 0 amide bonds. The summed E-state index contributed by atoms with van der Waals surface area (Å²) >= 11 is 0. The molecule has 3 nitrogen and oxygen atoms in total. The first kappa shape index (κ1) is 32.4. The van der Waals surface area contributed by atoms with E-state index in [4.69, 9.17) is 0 Å². The summed E-state index contributed by atoms with van der Waals surface area (Å²) in [4.78, 5) is 0. The summed E-state index contributed by atoms with van der Waals surface area (Å²) in [5, 5.41) is 12.1. The first-order valence-electron chi connectivity index (χ1n) is 20.0. The summed E-state index contributed by atoms with van der Waals surface area (Å²) in [6.45, 7) is 0. The van der Waals surface area contributed by atoms with Crippen LogP contribution in [0.25, 0.3) is 0 Å². The Morgan fingerprint density at radius 1 is 0.580 bits per heavy atom. The maximum Gasteiger partial charge on any atom is 0.0858 e. The lowest BCUT2D eigenvalue weighted by atomic mass is 9.62. The van der Waals surface area contributed by atoms with Gasteiger partial charge in [-0.05, 0) is 146 Å². The van der Waals surface area contributed by atoms with Gasteiger partial charge in [-0.3, -0.25) is 16.0 Å². The lowest BCUT2D eigenvalue weighted by molar-refractivity contribution is 0.197. The van der Waals surface area contributed by atoms with Gasteiger partial charge in [-0.25, -0.2) is 0 Å². The lowest BCUT2D eigenvalue weighted by Crippen LogP contribution is -2.69. The van der Waals surface area contributed by atoms with Crippen LogP contribution in [0, 0.1) is 35.5 Å². The van der Waals surface area contributed by atoms with Crippen LogP contribution in [0.4, 0.5) is 0 Å². The van der Waals surface area contributed by atoms with E-state index in [0.29, 0.717) is 29.6 Å². The monoisotopic (exact) mass is 661 g/mol. The molecule has 0 saturated carbocycles. The molecule has 0 aromatic carbocycles. The van der Waals surface area contributed by atoms with Crippen molar-refractivity contribution >= 4 is 0 Å². The van der Waals surface area contributed by atoms with E-state index in [9.17, 15) is 0 Å². The maximum atomic E-state index is 4.08. The van der Waals surface area contributed by atoms with E-state index >= 15 is 0 Å². The zero-order chi connectivity index (χ0) is 33.3. The highest BCUT2D eigenvalue weighted by Gasteiger charge is 2.41. The standard InChI is InChI=1S/C47H55N3/c1-4-14-32(15-5-1)40-22-12-13-23-42(40)43-29-27-38(31-44(43)37-26-28-41-36(30-37)25-24-33-16-10-11-21-39(33)41)47-49-45(34-17-6-2-7-18-34)48-46(50-47)35-19-8-3-9-20-35/h2,4,6-8,11-12,14-15,17,19-22,24-25,27,29-30,33-34,37,39,41,44-50H,1,3,5,9-10,13,16,18,23,26,28,31H2. The van der Waals surface area contributed by atoms with Gasteiger partial charge in [-0.15, -0.1) is 0 Å². The lowest BCUT2D eigenvalue weighted by Gasteiger charge is -2.45. The molecule has 0 bridgehead atoms. The summed E-state index contributed by atoms with van der Waals surface area (Å²) in [5.74, 6) is 3.58. The first-order valence-corrected chi connectivity index (χ1v) is 20.0. The zero-order valence-electron chi connectivity index (χ0n) is 29.7. The second-order valence-corrected chi connectivity index (χ2v) is 16.0. The van der Waals surface area contributed by atoms with E-state index in [0.717, 1.165) is 57.3 Å². The fourth-order valence-electron chi connectivity index (χ4n) is 10.4. The van der Waals surface area contributed by atoms with Gasteiger partial charge in [-0.1, -0.05) is 115 Å². The van der Waals surface area contributed by atoms with E-state index < -0.39 is 0 Å². The normalized spacial score (nSPS) is 37.8. The van der Waals surface area contributed by atoms with Crippen LogP contribution < -0.4 is 16.0 Å². The number of nitrogens with one attached hydrogen (secondary N) is 3. The Kier molecular flexibility index (Phi) is 9.48. The third kappa shape index (κ3) is 6.54. The van der Waals surface area contributed by atoms with Crippen LogP contribution in [0.5, 0.6) is 0 Å². The van der Waals surface area contributed by atoms with Crippen LogP contribution in [0.1, 0.15) is 77.0 Å². The van der Waals surface area contributed by atoms with Crippen molar-refractivity contribution in [1.29, 1.82) is 0 Å². The molecule has 3 heteroatoms. The average Bonchev–Trinajstić information content (AvgIpc) is 3.21. The van der Waals surface area contributed by atoms with Gasteiger partial charge in [0.05, 0.1) is 18.5 Å². The Bertz CT molecular complexity index is 1740. The minimum Gasteiger partial charge on any atom is -0.282 e. The van der Waals surface area contributed by atoms with E-state index in [-0.39, 0.29) is 18.5 Å². The number of hydrogen-bond donors (Lipinski definition) is 3. The van der Waals surface area contributed by atoms with Crippen molar-refractivity contribution in [3.63, 3.8) is 0 Å². The molecule has 9 rings (SSSR count). The molecular formula is C47H55N3. The van der Waals surface area contributed by atoms with Gasteiger partial charge >= 0.3 is 0 Å². The highest BCUT2D eigenvalue weighted by molar-refractivity contribution is 5.58. The Balaban J connectivity index is 1.08. The summed E-state index contributed by atoms with van der Waals surface area (Å²) in [6, 6.07) is 0. The minimum atomic E-state index is 0.123. The molecule has 9 unspecified atom stereocenters. The van der Waals surface area contributed by atoms with Crippen LogP contribution in [0.15, 0.2) is 154 Å². The average molecular weight is 662 g/mol. The molecule has 1 heterocycles. The molecule has 258 valence electrons. The summed E-state index contributed by atoms with van der Waals surface area (Å²) in [7, 11) is 0. The Morgan fingerprint density at radius 2 is 1.48 bits per heavy atom. The molecule has 0 spiro atoms. The van der Waals surface area contributed by atoms with Crippen molar-refractivity contribution in [2.45, 2.75) is 95.5 Å². The molecule has 1 fully saturated rings. The molecule has 1 aliphatic heterocycles. The van der Waals surface area contributed by atoms with Gasteiger partial charge in [-0.2, -0.15) is 0 Å². The Hall–Kier alpha value is -3.50. The number of hydrogen-bond acceptors (Lipinski definition) is 3. The predicted molar refractivity (Wildman–Crippen MR) is 209 cm³/mol. The molecule has 9 atom stereocenters. The minimum absolute atomic E-state index is 0.123. The zero-order valence-corrected chi connectivity index (χ0v) is 29.7. The maximum absolute atomic E-state index is 4.08. The summed E-state index contributed by atoms with van der Waals surface area (Å²) < 4.78 is 0. The predicted octanol–water partition coefficient (Wildman–Crippen LogP) is 10.1. The Labute approximate surface area is 300 Å². The van der Waals surface area contributed by atoms with Crippen molar-refractivity contribution in [1.82, 2.24) is 16.0 Å². The van der Waals surface area contributed by atoms with Crippen LogP contribution >= 0.6 is 0 Å². The SMILES string of the molecule is C1=CCC(C2NC(C3=CCCC=C3)NC(C3=CC=C(C4=C(C5=CCCC=C5)C=CCC4)C(C4C=C5C=CC6CCC=CC6C5CC4)C3)N2)C=C1. The van der Waals surface area contributed by atoms with E-state index in [1.54, 1.807) is 16.7 Å². The van der Waals surface area contributed by atoms with E-state index in [2.05, 4.69) is 131 Å². The first-order chi connectivity index (χ1) is 24.8. The molecule has 0 radical (unpaired) electrons. The van der Waals surface area contributed by atoms with Gasteiger partial charge in [0.15, 0.2) is 0 Å². The van der Waals surface area contributed by atoms with E-state index in [1.165, 1.54) is 48.0 Å². The highest BCUT2D eigenvalue weighted by Crippen LogP contribution is 2.50. The van der Waals surface area contributed by atoms with E-state index in [1.807, 2.05) is 0 Å². The van der Waals surface area contributed by atoms with Gasteiger partial charge in [0.1, 0.15) is 0 Å². The van der Waals surface area contributed by atoms with Crippen molar-refractivity contribution in [2.75, 3.05) is 0 Å². The fourth-order valence-corrected chi connectivity index (χ4v) is 10.4. The van der Waals surface area contributed by atoms with Gasteiger partial charge in [0.25, 0.3) is 0 Å². The van der Waals surface area contributed by atoms with Crippen LogP contribution in [-0.4, -0.2) is 18.5 Å². The fraction of sp³-hybridized carbons (Fsp3) is 0.447. The Morgan fingerprint density at radius 3 is 2.34 bits per heavy atom. The molecule has 9 aliphatic rings. The molecule has 0 aromatic heterocycles. The molecule has 0 aromatic rings. The summed E-state index contributed by atoms with van der Waals surface area (Å²) in [6.07, 6.45) is 60.9. The van der Waals surface area contributed by atoms with Crippen LogP contribution in [-0.2, 0) is 0 Å².